The van der Waals surface area contributed by atoms with Crippen LogP contribution in [0.4, 0.5) is 11.5 Å². The lowest BCUT2D eigenvalue weighted by Crippen LogP contribution is -2.38. The van der Waals surface area contributed by atoms with Gasteiger partial charge in [-0.25, -0.2) is 18.2 Å². The van der Waals surface area contributed by atoms with Gasteiger partial charge in [0.15, 0.2) is 0 Å². The monoisotopic (exact) mass is 743 g/mol. The van der Waals surface area contributed by atoms with E-state index >= 15 is 0 Å². The van der Waals surface area contributed by atoms with Gasteiger partial charge in [-0.15, -0.1) is 0 Å². The van der Waals surface area contributed by atoms with E-state index in [0.717, 1.165) is 31.7 Å². The molecular weight excluding hydrogens is 699 g/mol. The predicted molar refractivity (Wildman–Crippen MR) is 205 cm³/mol. The largest absolute Gasteiger partial charge is 0.491 e. The molecule has 3 aromatic heterocycles. The second kappa shape index (κ2) is 15.7. The highest BCUT2D eigenvalue weighted by atomic mass is 32.2. The van der Waals surface area contributed by atoms with Crippen LogP contribution in [0.3, 0.4) is 0 Å². The number of hydrogen-bond acceptors (Lipinski definition) is 10. The molecule has 2 N–H and O–H groups in total. The maximum Gasteiger partial charge on any atom is 0.340 e. The maximum atomic E-state index is 12.8. The Hall–Kier alpha value is -5.34. The number of carbonyl (C=O) groups excluding carboxylic acids is 1. The SMILES string of the molecule is CCS(=O)(=O)Nc1ccc(Oc2cccc(OCCOC3CCN(c4ccc(C(=O)OC(C)(C)C)cn4)CC3)c2)c(-c2cn(C)c(=O)c3[nH]ccc23)c1. The van der Waals surface area contributed by atoms with Crippen molar-refractivity contribution in [2.45, 2.75) is 52.2 Å². The Morgan fingerprint density at radius 3 is 2.49 bits per heavy atom. The van der Waals surface area contributed by atoms with Crippen LogP contribution in [0.5, 0.6) is 17.2 Å². The lowest BCUT2D eigenvalue weighted by Gasteiger charge is -2.32. The van der Waals surface area contributed by atoms with Gasteiger partial charge >= 0.3 is 5.97 Å². The summed E-state index contributed by atoms with van der Waals surface area (Å²) in [4.78, 5) is 34.8. The highest BCUT2D eigenvalue weighted by Crippen LogP contribution is 2.39. The van der Waals surface area contributed by atoms with E-state index in [-0.39, 0.29) is 23.4 Å². The Morgan fingerprint density at radius 2 is 1.77 bits per heavy atom. The number of H-pyrrole nitrogens is 1. The number of sulfonamides is 1. The number of pyridine rings is 2. The van der Waals surface area contributed by atoms with Crippen molar-refractivity contribution in [2.24, 2.45) is 7.05 Å². The molecule has 0 spiro atoms. The van der Waals surface area contributed by atoms with Gasteiger partial charge in [0, 0.05) is 67.0 Å². The summed E-state index contributed by atoms with van der Waals surface area (Å²) in [7, 11) is -1.87. The van der Waals surface area contributed by atoms with Crippen LogP contribution >= 0.6 is 0 Å². The molecule has 0 unspecified atom stereocenters. The molecule has 1 aliphatic rings. The van der Waals surface area contributed by atoms with E-state index in [0.29, 0.717) is 63.7 Å². The smallest absolute Gasteiger partial charge is 0.340 e. The first-order valence-electron chi connectivity index (χ1n) is 17.6. The highest BCUT2D eigenvalue weighted by Gasteiger charge is 2.23. The van der Waals surface area contributed by atoms with Crippen LogP contribution < -0.4 is 24.7 Å². The Kier molecular flexibility index (Phi) is 11.1. The first-order valence-corrected chi connectivity index (χ1v) is 19.2. The Balaban J connectivity index is 1.06. The van der Waals surface area contributed by atoms with Crippen LogP contribution in [0, 0.1) is 0 Å². The van der Waals surface area contributed by atoms with Crippen LogP contribution in [0.1, 0.15) is 50.9 Å². The number of fused-ring (bicyclic) bond motifs is 1. The van der Waals surface area contributed by atoms with Gasteiger partial charge in [-0.2, -0.15) is 0 Å². The third-order valence-corrected chi connectivity index (χ3v) is 10.0. The number of anilines is 2. The van der Waals surface area contributed by atoms with Gasteiger partial charge in [0.05, 0.1) is 24.0 Å². The third kappa shape index (κ3) is 9.37. The van der Waals surface area contributed by atoms with Crippen molar-refractivity contribution in [3.63, 3.8) is 0 Å². The van der Waals surface area contributed by atoms with Gasteiger partial charge in [0.1, 0.15) is 40.8 Å². The molecule has 1 aliphatic heterocycles. The number of carbonyl (C=O) groups is 1. The van der Waals surface area contributed by atoms with Gasteiger partial charge in [0.2, 0.25) is 10.0 Å². The molecule has 6 rings (SSSR count). The Labute approximate surface area is 308 Å². The van der Waals surface area contributed by atoms with E-state index in [1.54, 1.807) is 69.0 Å². The van der Waals surface area contributed by atoms with E-state index in [1.807, 2.05) is 45.0 Å². The van der Waals surface area contributed by atoms with E-state index in [4.69, 9.17) is 18.9 Å². The fourth-order valence-electron chi connectivity index (χ4n) is 6.04. The molecule has 280 valence electrons. The molecule has 5 aromatic rings. The van der Waals surface area contributed by atoms with Crippen molar-refractivity contribution in [3.05, 3.63) is 95.2 Å². The molecular formula is C39H45N5O8S. The zero-order chi connectivity index (χ0) is 37.8. The van der Waals surface area contributed by atoms with Gasteiger partial charge in [-0.05, 0) is 89.1 Å². The number of ether oxygens (including phenoxy) is 4. The highest BCUT2D eigenvalue weighted by molar-refractivity contribution is 7.92. The van der Waals surface area contributed by atoms with Crippen LogP contribution in [0.2, 0.25) is 0 Å². The van der Waals surface area contributed by atoms with Crippen molar-refractivity contribution in [3.8, 4) is 28.4 Å². The minimum Gasteiger partial charge on any atom is -0.491 e. The fraction of sp³-hybridized carbons (Fsp3) is 0.359. The van der Waals surface area contributed by atoms with Crippen LogP contribution in [0.15, 0.2) is 84.0 Å². The molecule has 0 radical (unpaired) electrons. The van der Waals surface area contributed by atoms with E-state index in [9.17, 15) is 18.0 Å². The summed E-state index contributed by atoms with van der Waals surface area (Å²) in [6.07, 6.45) is 6.74. The van der Waals surface area contributed by atoms with Crippen molar-refractivity contribution in [2.75, 3.05) is 41.7 Å². The zero-order valence-electron chi connectivity index (χ0n) is 30.5. The Morgan fingerprint density at radius 1 is 1.00 bits per heavy atom. The number of esters is 1. The number of hydrogen-bond donors (Lipinski definition) is 2. The average molecular weight is 744 g/mol. The first kappa shape index (κ1) is 37.4. The normalized spacial score (nSPS) is 13.9. The van der Waals surface area contributed by atoms with Crippen molar-refractivity contribution >= 4 is 38.4 Å². The van der Waals surface area contributed by atoms with Gasteiger partial charge < -0.3 is 33.4 Å². The summed E-state index contributed by atoms with van der Waals surface area (Å²) in [6, 6.07) is 17.7. The summed E-state index contributed by atoms with van der Waals surface area (Å²) >= 11 is 0. The number of aromatic amines is 1. The number of nitrogens with one attached hydrogen (secondary N) is 2. The van der Waals surface area contributed by atoms with Crippen LogP contribution in [0.25, 0.3) is 22.0 Å². The third-order valence-electron chi connectivity index (χ3n) is 8.70. The molecule has 2 aromatic carbocycles. The van der Waals surface area contributed by atoms with E-state index in [1.165, 1.54) is 4.57 Å². The zero-order valence-corrected chi connectivity index (χ0v) is 31.4. The van der Waals surface area contributed by atoms with Gasteiger partial charge in [-0.3, -0.25) is 9.52 Å². The summed E-state index contributed by atoms with van der Waals surface area (Å²) < 4.78 is 52.8. The number of piperidine rings is 1. The molecule has 53 heavy (non-hydrogen) atoms. The number of nitrogens with zero attached hydrogens (tertiary/aromatic N) is 3. The van der Waals surface area contributed by atoms with Gasteiger partial charge in [0.25, 0.3) is 5.56 Å². The summed E-state index contributed by atoms with van der Waals surface area (Å²) in [5, 5.41) is 0.682. The van der Waals surface area contributed by atoms with Crippen molar-refractivity contribution in [1.29, 1.82) is 0 Å². The van der Waals surface area contributed by atoms with Crippen molar-refractivity contribution < 1.29 is 32.2 Å². The van der Waals surface area contributed by atoms with E-state index in [2.05, 4.69) is 19.6 Å². The number of aromatic nitrogens is 3. The molecule has 0 atom stereocenters. The van der Waals surface area contributed by atoms with Crippen LogP contribution in [-0.2, 0) is 26.5 Å². The molecule has 0 amide bonds. The lowest BCUT2D eigenvalue weighted by molar-refractivity contribution is 0.00690. The molecule has 13 nitrogen and oxygen atoms in total. The molecule has 4 heterocycles. The number of benzene rings is 2. The predicted octanol–water partition coefficient (Wildman–Crippen LogP) is 6.50. The first-order chi connectivity index (χ1) is 25.3. The molecule has 14 heteroatoms. The van der Waals surface area contributed by atoms with Crippen LogP contribution in [-0.4, -0.2) is 72.7 Å². The number of rotatable bonds is 13. The quantitative estimate of drug-likeness (QED) is 0.101. The number of aryl methyl sites for hydroxylation is 1. The maximum absolute atomic E-state index is 12.8. The molecule has 1 fully saturated rings. The molecule has 0 bridgehead atoms. The summed E-state index contributed by atoms with van der Waals surface area (Å²) in [5.41, 5.74) is 1.78. The molecule has 0 saturated carbocycles. The molecule has 1 saturated heterocycles. The minimum atomic E-state index is -3.53. The standard InChI is InChI=1S/C39H45N5O8S/c1-6-53(47,48)42-27-11-12-34(32(22-27)33-25-43(5)37(45)36-31(33)14-17-40-36)51-30-9-7-8-29(23-30)50-21-20-49-28-15-18-44(19-16-28)35-13-10-26(24-41-35)38(46)52-39(2,3)4/h7-14,17,22-25,28,40,42H,6,15-16,18-21H2,1-5H3. The van der Waals surface area contributed by atoms with E-state index < -0.39 is 15.6 Å². The minimum absolute atomic E-state index is 0.0773. The second-order valence-electron chi connectivity index (χ2n) is 13.8. The second-order valence-corrected chi connectivity index (χ2v) is 15.8. The molecule has 0 aliphatic carbocycles. The van der Waals surface area contributed by atoms with Crippen molar-refractivity contribution in [1.82, 2.24) is 14.5 Å². The Bertz CT molecular complexity index is 2230. The average Bonchev–Trinajstić information content (AvgIpc) is 3.63. The lowest BCUT2D eigenvalue weighted by atomic mass is 10.0. The van der Waals surface area contributed by atoms with Gasteiger partial charge in [-0.1, -0.05) is 6.07 Å². The summed E-state index contributed by atoms with van der Waals surface area (Å²) in [6.45, 7) is 9.40. The summed E-state index contributed by atoms with van der Waals surface area (Å²) in [5.74, 6) is 1.94. The topological polar surface area (TPSA) is 154 Å². The fourth-order valence-corrected chi connectivity index (χ4v) is 6.67.